The highest BCUT2D eigenvalue weighted by molar-refractivity contribution is 7.09. The van der Waals surface area contributed by atoms with E-state index in [1.807, 2.05) is 0 Å². The fourth-order valence-corrected chi connectivity index (χ4v) is 1.09. The van der Waals surface area contributed by atoms with Crippen LogP contribution in [0.1, 0.15) is 10.7 Å². The molecule has 1 nitrogen and oxygen atoms in total. The first kappa shape index (κ1) is 8.15. The Balaban J connectivity index is 2.74. The largest absolute Gasteiger partial charge is 0.299 e. The van der Waals surface area contributed by atoms with Gasteiger partial charge in [-0.1, -0.05) is 0 Å². The van der Waals surface area contributed by atoms with Crippen LogP contribution in [0, 0.1) is 18.8 Å². The Hall–Kier alpha value is -0.950. The van der Waals surface area contributed by atoms with Gasteiger partial charge in [0.25, 0.3) is 6.43 Å². The summed E-state index contributed by atoms with van der Waals surface area (Å²) in [6, 6.07) is 0. The maximum absolute atomic E-state index is 11.5. The molecule has 0 aliphatic rings. The molecule has 1 heterocycles. The summed E-state index contributed by atoms with van der Waals surface area (Å²) in [5.41, 5.74) is 0.424. The van der Waals surface area contributed by atoms with Gasteiger partial charge in [-0.15, -0.1) is 11.3 Å². The Bertz CT molecular complexity index is 295. The number of hydrogen-bond acceptors (Lipinski definition) is 2. The molecular formula is C7H5F2NS. The van der Waals surface area contributed by atoms with Crippen molar-refractivity contribution in [2.24, 2.45) is 0 Å². The van der Waals surface area contributed by atoms with E-state index < -0.39 is 6.43 Å². The van der Waals surface area contributed by atoms with Crippen LogP contribution in [0.15, 0.2) is 5.38 Å². The number of halogens is 2. The van der Waals surface area contributed by atoms with Crippen molar-refractivity contribution >= 4 is 11.3 Å². The second kappa shape index (κ2) is 3.44. The van der Waals surface area contributed by atoms with Crippen LogP contribution in [-0.4, -0.2) is 11.4 Å². The minimum atomic E-state index is -2.57. The van der Waals surface area contributed by atoms with Gasteiger partial charge in [0.1, 0.15) is 5.69 Å². The van der Waals surface area contributed by atoms with Crippen molar-refractivity contribution in [3.05, 3.63) is 16.1 Å². The third-order valence-corrected chi connectivity index (χ3v) is 1.70. The molecule has 58 valence electrons. The molecule has 1 rings (SSSR count). The lowest BCUT2D eigenvalue weighted by Crippen LogP contribution is -1.82. The van der Waals surface area contributed by atoms with Gasteiger partial charge in [0.15, 0.2) is 0 Å². The third-order valence-electron chi connectivity index (χ3n) is 0.928. The summed E-state index contributed by atoms with van der Waals surface area (Å²) < 4.78 is 23.1. The summed E-state index contributed by atoms with van der Waals surface area (Å²) in [6.07, 6.45) is -2.57. The Morgan fingerprint density at radius 1 is 1.64 bits per heavy atom. The van der Waals surface area contributed by atoms with E-state index in [9.17, 15) is 8.78 Å². The predicted molar refractivity (Wildman–Crippen MR) is 39.7 cm³/mol. The van der Waals surface area contributed by atoms with Crippen LogP contribution in [-0.2, 0) is 0 Å². The number of thiazole rings is 1. The fraction of sp³-hybridized carbons (Fsp3) is 0.286. The summed E-state index contributed by atoms with van der Waals surface area (Å²) in [5, 5.41) is 2.49. The van der Waals surface area contributed by atoms with Crippen LogP contribution in [0.4, 0.5) is 8.78 Å². The minimum absolute atomic E-state index is 0.424. The second-order valence-corrected chi connectivity index (χ2v) is 2.88. The highest BCUT2D eigenvalue weighted by atomic mass is 32.1. The van der Waals surface area contributed by atoms with Crippen molar-refractivity contribution in [3.63, 3.8) is 0 Å². The lowest BCUT2D eigenvalue weighted by Gasteiger charge is -1.78. The minimum Gasteiger partial charge on any atom is -0.233 e. The molecule has 0 amide bonds. The Morgan fingerprint density at radius 3 is 2.82 bits per heavy atom. The van der Waals surface area contributed by atoms with Crippen LogP contribution in [0.25, 0.3) is 0 Å². The van der Waals surface area contributed by atoms with E-state index in [1.165, 1.54) is 11.3 Å². The number of alkyl halides is 2. The highest BCUT2D eigenvalue weighted by Crippen LogP contribution is 2.06. The normalized spacial score (nSPS) is 9.45. The summed E-state index contributed by atoms with van der Waals surface area (Å²) in [7, 11) is 0. The molecule has 4 heteroatoms. The number of rotatable bonds is 0. The second-order valence-electron chi connectivity index (χ2n) is 1.82. The maximum atomic E-state index is 11.5. The van der Waals surface area contributed by atoms with Gasteiger partial charge in [0, 0.05) is 5.38 Å². The first-order valence-electron chi connectivity index (χ1n) is 2.90. The van der Waals surface area contributed by atoms with Gasteiger partial charge in [0.05, 0.1) is 5.01 Å². The number of hydrogen-bond donors (Lipinski definition) is 0. The molecule has 1 aromatic heterocycles. The van der Waals surface area contributed by atoms with E-state index >= 15 is 0 Å². The standard InChI is InChI=1S/C7H5F2NS/c1-5-10-6(4-11-5)2-3-7(8)9/h4,7H,1H3. The van der Waals surface area contributed by atoms with Crippen LogP contribution in [0.2, 0.25) is 0 Å². The molecule has 0 bridgehead atoms. The van der Waals surface area contributed by atoms with Crippen LogP contribution < -0.4 is 0 Å². The molecule has 11 heavy (non-hydrogen) atoms. The number of aromatic nitrogens is 1. The molecule has 0 unspecified atom stereocenters. The Labute approximate surface area is 67.1 Å². The molecule has 0 aliphatic carbocycles. The van der Waals surface area contributed by atoms with Gasteiger partial charge in [-0.05, 0) is 18.8 Å². The molecule has 0 N–H and O–H groups in total. The van der Waals surface area contributed by atoms with Gasteiger partial charge in [0.2, 0.25) is 0 Å². The number of aryl methyl sites for hydroxylation is 1. The third kappa shape index (κ3) is 2.64. The van der Waals surface area contributed by atoms with Gasteiger partial charge in [-0.25, -0.2) is 4.98 Å². The average molecular weight is 173 g/mol. The molecule has 0 aliphatic heterocycles. The van der Waals surface area contributed by atoms with Gasteiger partial charge in [-0.2, -0.15) is 8.78 Å². The molecule has 0 saturated heterocycles. The van der Waals surface area contributed by atoms with Crippen molar-refractivity contribution in [1.29, 1.82) is 0 Å². The van der Waals surface area contributed by atoms with E-state index in [4.69, 9.17) is 0 Å². The predicted octanol–water partition coefficient (Wildman–Crippen LogP) is 2.07. The zero-order chi connectivity index (χ0) is 8.27. The molecular weight excluding hydrogens is 168 g/mol. The summed E-state index contributed by atoms with van der Waals surface area (Å²) in [5.74, 6) is 4.00. The van der Waals surface area contributed by atoms with Crippen molar-refractivity contribution in [1.82, 2.24) is 4.98 Å². The highest BCUT2D eigenvalue weighted by Gasteiger charge is 1.94. The number of nitrogens with zero attached hydrogens (tertiary/aromatic N) is 1. The molecule has 0 fully saturated rings. The quantitative estimate of drug-likeness (QED) is 0.547. The zero-order valence-electron chi connectivity index (χ0n) is 5.77. The van der Waals surface area contributed by atoms with Gasteiger partial charge in [-0.3, -0.25) is 0 Å². The lowest BCUT2D eigenvalue weighted by molar-refractivity contribution is 0.215. The summed E-state index contributed by atoms with van der Waals surface area (Å²) in [4.78, 5) is 3.89. The van der Waals surface area contributed by atoms with Gasteiger partial charge < -0.3 is 0 Å². The molecule has 0 spiro atoms. The van der Waals surface area contributed by atoms with Crippen molar-refractivity contribution in [2.45, 2.75) is 13.3 Å². The first-order chi connectivity index (χ1) is 5.18. The smallest absolute Gasteiger partial charge is 0.233 e. The lowest BCUT2D eigenvalue weighted by atomic mass is 10.5. The molecule has 0 atom stereocenters. The van der Waals surface area contributed by atoms with Crippen LogP contribution >= 0.6 is 11.3 Å². The van der Waals surface area contributed by atoms with E-state index in [2.05, 4.69) is 10.9 Å². The topological polar surface area (TPSA) is 12.9 Å². The fourth-order valence-electron chi connectivity index (χ4n) is 0.549. The maximum Gasteiger partial charge on any atom is 0.299 e. The molecule has 0 saturated carbocycles. The zero-order valence-corrected chi connectivity index (χ0v) is 6.58. The Kier molecular flexibility index (Phi) is 2.55. The van der Waals surface area contributed by atoms with E-state index in [-0.39, 0.29) is 0 Å². The summed E-state index contributed by atoms with van der Waals surface area (Å²) in [6.45, 7) is 1.80. The molecule has 0 aromatic carbocycles. The van der Waals surface area contributed by atoms with E-state index in [1.54, 1.807) is 18.2 Å². The van der Waals surface area contributed by atoms with Crippen molar-refractivity contribution in [2.75, 3.05) is 0 Å². The van der Waals surface area contributed by atoms with Crippen molar-refractivity contribution < 1.29 is 8.78 Å². The van der Waals surface area contributed by atoms with E-state index in [0.717, 1.165) is 5.01 Å². The van der Waals surface area contributed by atoms with E-state index in [0.29, 0.717) is 5.69 Å². The van der Waals surface area contributed by atoms with Crippen LogP contribution in [0.3, 0.4) is 0 Å². The monoisotopic (exact) mass is 173 g/mol. The first-order valence-corrected chi connectivity index (χ1v) is 3.78. The average Bonchev–Trinajstić information content (AvgIpc) is 2.31. The SMILES string of the molecule is Cc1nc(C#CC(F)F)cs1. The van der Waals surface area contributed by atoms with Crippen molar-refractivity contribution in [3.8, 4) is 11.8 Å². The molecule has 1 aromatic rings. The summed E-state index contributed by atoms with van der Waals surface area (Å²) >= 11 is 1.40. The Morgan fingerprint density at radius 2 is 2.36 bits per heavy atom. The van der Waals surface area contributed by atoms with Gasteiger partial charge >= 0.3 is 0 Å². The van der Waals surface area contributed by atoms with Crippen LogP contribution in [0.5, 0.6) is 0 Å². The molecule has 0 radical (unpaired) electrons.